The third-order valence-electron chi connectivity index (χ3n) is 6.58. The van der Waals surface area contributed by atoms with Crippen LogP contribution in [0.4, 0.5) is 26.3 Å². The molecule has 2 bridgehead atoms. The van der Waals surface area contributed by atoms with Gasteiger partial charge in [0, 0.05) is 11.5 Å². The van der Waals surface area contributed by atoms with Crippen LogP contribution in [0.1, 0.15) is 43.2 Å². The maximum Gasteiger partial charge on any atom is 0.490 e. The van der Waals surface area contributed by atoms with Gasteiger partial charge in [-0.15, -0.1) is 0 Å². The van der Waals surface area contributed by atoms with Crippen molar-refractivity contribution in [2.75, 3.05) is 13.6 Å². The van der Waals surface area contributed by atoms with Crippen LogP contribution in [-0.4, -0.2) is 64.1 Å². The Bertz CT molecular complexity index is 848. The van der Waals surface area contributed by atoms with Crippen molar-refractivity contribution in [1.29, 1.82) is 0 Å². The van der Waals surface area contributed by atoms with E-state index in [0.29, 0.717) is 11.2 Å². The van der Waals surface area contributed by atoms with Gasteiger partial charge in [-0.05, 0) is 68.5 Å². The van der Waals surface area contributed by atoms with Crippen LogP contribution < -0.4 is 0 Å². The van der Waals surface area contributed by atoms with E-state index in [1.807, 2.05) is 6.07 Å². The molecule has 3 N–H and O–H groups in total. The number of carbonyl (C=O) groups is 2. The summed E-state index contributed by atoms with van der Waals surface area (Å²) in [4.78, 5) is 20.4. The number of carboxylic acid groups (broad SMARTS) is 2. The summed E-state index contributed by atoms with van der Waals surface area (Å²) >= 11 is 0. The van der Waals surface area contributed by atoms with Crippen molar-refractivity contribution in [3.63, 3.8) is 0 Å². The molecular weight excluding hydrogens is 460 g/mol. The van der Waals surface area contributed by atoms with Crippen LogP contribution in [0.25, 0.3) is 0 Å². The molecule has 2 fully saturated rings. The summed E-state index contributed by atoms with van der Waals surface area (Å²) in [5.41, 5.74) is 3.36. The van der Waals surface area contributed by atoms with Gasteiger partial charge in [0.1, 0.15) is 5.75 Å². The van der Waals surface area contributed by atoms with Gasteiger partial charge in [0.25, 0.3) is 0 Å². The summed E-state index contributed by atoms with van der Waals surface area (Å²) in [6, 6.07) is 6.85. The van der Waals surface area contributed by atoms with Gasteiger partial charge in [0.2, 0.25) is 0 Å². The van der Waals surface area contributed by atoms with Gasteiger partial charge in [-0.25, -0.2) is 9.59 Å². The van der Waals surface area contributed by atoms with E-state index in [2.05, 4.69) is 24.1 Å². The van der Waals surface area contributed by atoms with Gasteiger partial charge in [0.15, 0.2) is 0 Å². The largest absolute Gasteiger partial charge is 0.508 e. The summed E-state index contributed by atoms with van der Waals surface area (Å²) in [7, 11) is 2.30. The number of alkyl halides is 6. The fraction of sp³-hybridized carbons (Fsp3) is 0.619. The lowest BCUT2D eigenvalue weighted by atomic mass is 9.52. The number of aromatic hydroxyl groups is 1. The molecule has 0 radical (unpaired) electrons. The van der Waals surface area contributed by atoms with E-state index in [-0.39, 0.29) is 0 Å². The lowest BCUT2D eigenvalue weighted by molar-refractivity contribution is -0.193. The molecule has 3 aliphatic rings. The topological polar surface area (TPSA) is 98.1 Å². The molecule has 12 heteroatoms. The monoisotopic (exact) mass is 485 g/mol. The number of likely N-dealkylation sites (tertiary alicyclic amines) is 1. The van der Waals surface area contributed by atoms with Gasteiger partial charge in [-0.3, -0.25) is 0 Å². The second-order valence-electron chi connectivity index (χ2n) is 8.46. The lowest BCUT2D eigenvalue weighted by Gasteiger charge is -2.58. The standard InChI is InChI=1S/C17H23NO.2C2HF3O2/c1-18-9-8-17-7-3-2-4-14(17)16(18)10-12-5-6-13(19)11-15(12)17;2*3-2(4,5)1(6)7/h5-6,11,14,16,19H,2-4,7-10H2,1H3;2*(H,6,7)/t14-,16+,17+;;/m0../s1. The maximum absolute atomic E-state index is 10.6. The average Bonchev–Trinajstić information content (AvgIpc) is 2.70. The number of hydrogen-bond acceptors (Lipinski definition) is 4. The molecule has 1 aliphatic heterocycles. The minimum atomic E-state index is -5.08. The van der Waals surface area contributed by atoms with Crippen molar-refractivity contribution in [2.24, 2.45) is 5.92 Å². The second kappa shape index (κ2) is 9.78. The number of fused-ring (bicyclic) bond motifs is 1. The number of halogens is 6. The van der Waals surface area contributed by atoms with E-state index in [4.69, 9.17) is 19.8 Å². The van der Waals surface area contributed by atoms with Crippen LogP contribution in [0, 0.1) is 5.92 Å². The van der Waals surface area contributed by atoms with Gasteiger partial charge >= 0.3 is 24.3 Å². The normalized spacial score (nSPS) is 26.4. The van der Waals surface area contributed by atoms with Crippen LogP contribution in [0.5, 0.6) is 5.75 Å². The number of piperidine rings is 1. The van der Waals surface area contributed by atoms with Crippen LogP contribution in [-0.2, 0) is 21.4 Å². The van der Waals surface area contributed by atoms with E-state index in [0.717, 1.165) is 12.0 Å². The molecule has 2 aliphatic carbocycles. The Morgan fingerprint density at radius 3 is 2.06 bits per heavy atom. The number of likely N-dealkylation sites (N-methyl/N-ethyl adjacent to an activating group) is 1. The molecule has 1 saturated carbocycles. The molecule has 33 heavy (non-hydrogen) atoms. The molecule has 0 unspecified atom stereocenters. The Morgan fingerprint density at radius 2 is 1.55 bits per heavy atom. The number of phenols is 1. The molecule has 1 aromatic carbocycles. The Balaban J connectivity index is 0.000000230. The van der Waals surface area contributed by atoms with E-state index < -0.39 is 24.3 Å². The molecule has 1 saturated heterocycles. The molecule has 4 rings (SSSR count). The van der Waals surface area contributed by atoms with Crippen LogP contribution in [0.3, 0.4) is 0 Å². The van der Waals surface area contributed by atoms with Crippen LogP contribution in [0.2, 0.25) is 0 Å². The third-order valence-corrected chi connectivity index (χ3v) is 6.58. The molecule has 1 heterocycles. The fourth-order valence-corrected chi connectivity index (χ4v) is 5.18. The maximum atomic E-state index is 10.6. The van der Waals surface area contributed by atoms with Crippen molar-refractivity contribution >= 4 is 11.9 Å². The number of carboxylic acids is 2. The number of hydrogen-bond donors (Lipinski definition) is 3. The minimum Gasteiger partial charge on any atom is -0.508 e. The van der Waals surface area contributed by atoms with Crippen LogP contribution >= 0.6 is 0 Å². The van der Waals surface area contributed by atoms with Crippen molar-refractivity contribution < 1.29 is 51.3 Å². The first-order valence-corrected chi connectivity index (χ1v) is 10.2. The van der Waals surface area contributed by atoms with Gasteiger partial charge in [-0.1, -0.05) is 18.9 Å². The number of rotatable bonds is 0. The highest BCUT2D eigenvalue weighted by Gasteiger charge is 2.53. The van der Waals surface area contributed by atoms with E-state index in [1.54, 1.807) is 0 Å². The van der Waals surface area contributed by atoms with Crippen molar-refractivity contribution in [2.45, 2.75) is 62.3 Å². The van der Waals surface area contributed by atoms with Crippen molar-refractivity contribution in [3.05, 3.63) is 29.3 Å². The van der Waals surface area contributed by atoms with Crippen molar-refractivity contribution in [3.8, 4) is 5.75 Å². The SMILES string of the molecule is CN1CC[C@]23CCCC[C@H]2[C@H]1Cc1ccc(O)cc13.O=C(O)C(F)(F)F.O=C(O)C(F)(F)F. The average molecular weight is 485 g/mol. The molecular formula is C21H25F6NO5. The highest BCUT2D eigenvalue weighted by atomic mass is 19.4. The Labute approximate surface area is 185 Å². The van der Waals surface area contributed by atoms with E-state index in [1.165, 1.54) is 56.2 Å². The Hall–Kier alpha value is -2.50. The molecule has 0 spiro atoms. The summed E-state index contributed by atoms with van der Waals surface area (Å²) in [5, 5.41) is 24.2. The Morgan fingerprint density at radius 1 is 1.00 bits per heavy atom. The first-order chi connectivity index (χ1) is 15.1. The van der Waals surface area contributed by atoms with Gasteiger partial charge in [-0.2, -0.15) is 26.3 Å². The lowest BCUT2D eigenvalue weighted by Crippen LogP contribution is -2.59. The fourth-order valence-electron chi connectivity index (χ4n) is 5.18. The van der Waals surface area contributed by atoms with Crippen molar-refractivity contribution in [1.82, 2.24) is 4.90 Å². The third kappa shape index (κ3) is 6.10. The molecule has 1 aromatic rings. The first-order valence-electron chi connectivity index (χ1n) is 10.2. The summed E-state index contributed by atoms with van der Waals surface area (Å²) < 4.78 is 63.5. The van der Waals surface area contributed by atoms with Gasteiger partial charge in [0.05, 0.1) is 0 Å². The van der Waals surface area contributed by atoms with E-state index in [9.17, 15) is 31.4 Å². The highest BCUT2D eigenvalue weighted by molar-refractivity contribution is 5.73. The molecule has 0 aromatic heterocycles. The summed E-state index contributed by atoms with van der Waals surface area (Å²) in [5.74, 6) is -4.25. The Kier molecular flexibility index (Phi) is 7.93. The molecule has 3 atom stereocenters. The number of aliphatic carboxylic acids is 2. The predicted molar refractivity (Wildman–Crippen MR) is 104 cm³/mol. The number of nitrogens with zero attached hydrogens (tertiary/aromatic N) is 1. The number of benzene rings is 1. The molecule has 0 amide bonds. The zero-order valence-electron chi connectivity index (χ0n) is 17.7. The molecule has 186 valence electrons. The zero-order chi connectivity index (χ0) is 25.2. The predicted octanol–water partition coefficient (Wildman–Crippen LogP) is 4.35. The molecule has 6 nitrogen and oxygen atoms in total. The highest BCUT2D eigenvalue weighted by Crippen LogP contribution is 2.55. The van der Waals surface area contributed by atoms with Crippen LogP contribution in [0.15, 0.2) is 18.2 Å². The first kappa shape index (κ1) is 26.7. The zero-order valence-corrected chi connectivity index (χ0v) is 17.7. The smallest absolute Gasteiger partial charge is 0.490 e. The number of phenolic OH excluding ortho intramolecular Hbond substituents is 1. The summed E-state index contributed by atoms with van der Waals surface area (Å²) in [6.07, 6.45) is -2.24. The quantitative estimate of drug-likeness (QED) is 0.473. The van der Waals surface area contributed by atoms with Gasteiger partial charge < -0.3 is 20.2 Å². The summed E-state index contributed by atoms with van der Waals surface area (Å²) in [6.45, 7) is 1.22. The minimum absolute atomic E-state index is 0.377. The second-order valence-corrected chi connectivity index (χ2v) is 8.46. The van der Waals surface area contributed by atoms with E-state index >= 15 is 0 Å².